The summed E-state index contributed by atoms with van der Waals surface area (Å²) in [7, 11) is 0. The normalized spacial score (nSPS) is 12.4. The van der Waals surface area contributed by atoms with Gasteiger partial charge in [-0.15, -0.1) is 10.2 Å². The first-order chi connectivity index (χ1) is 9.97. The van der Waals surface area contributed by atoms with Gasteiger partial charge in [0.25, 0.3) is 0 Å². The number of nitrogens with two attached hydrogens (primary N) is 1. The van der Waals surface area contributed by atoms with Crippen LogP contribution in [0.3, 0.4) is 0 Å². The first-order valence-corrected chi connectivity index (χ1v) is 6.92. The highest BCUT2D eigenvalue weighted by atomic mass is 16.4. The average molecular weight is 288 g/mol. The van der Waals surface area contributed by atoms with Gasteiger partial charge >= 0.3 is 0 Å². The Morgan fingerprint density at radius 2 is 2.05 bits per heavy atom. The van der Waals surface area contributed by atoms with Crippen molar-refractivity contribution in [3.63, 3.8) is 0 Å². The van der Waals surface area contributed by atoms with Gasteiger partial charge in [0.1, 0.15) is 0 Å². The molecule has 0 aliphatic heterocycles. The molecular formula is C15H20N4O2. The molecule has 1 unspecified atom stereocenters. The van der Waals surface area contributed by atoms with Crippen LogP contribution in [-0.4, -0.2) is 22.1 Å². The molecule has 6 nitrogen and oxygen atoms in total. The summed E-state index contributed by atoms with van der Waals surface area (Å²) in [6.07, 6.45) is 0.273. The standard InChI is InChI=1S/C15H20N4O2/c1-9(2)12(16)8-14(20)17-13-7-5-4-6-11(13)15-19-18-10(3)21-15/h4-7,9,12H,8,16H2,1-3H3,(H,17,20). The third kappa shape index (κ3) is 3.88. The predicted molar refractivity (Wildman–Crippen MR) is 80.5 cm³/mol. The van der Waals surface area contributed by atoms with Crippen molar-refractivity contribution in [2.75, 3.05) is 5.32 Å². The van der Waals surface area contributed by atoms with Crippen molar-refractivity contribution < 1.29 is 9.21 Å². The van der Waals surface area contributed by atoms with E-state index in [4.69, 9.17) is 10.2 Å². The van der Waals surface area contributed by atoms with Gasteiger partial charge < -0.3 is 15.5 Å². The number of carbonyl (C=O) groups excluding carboxylic acids is 1. The Balaban J connectivity index is 2.16. The van der Waals surface area contributed by atoms with Crippen LogP contribution in [0.2, 0.25) is 0 Å². The molecule has 0 saturated heterocycles. The van der Waals surface area contributed by atoms with Gasteiger partial charge in [0, 0.05) is 19.4 Å². The van der Waals surface area contributed by atoms with Crippen molar-refractivity contribution in [2.45, 2.75) is 33.2 Å². The molecule has 21 heavy (non-hydrogen) atoms. The molecule has 112 valence electrons. The molecule has 0 spiro atoms. The van der Waals surface area contributed by atoms with Gasteiger partial charge in [-0.25, -0.2) is 0 Å². The quantitative estimate of drug-likeness (QED) is 0.880. The predicted octanol–water partition coefficient (Wildman–Crippen LogP) is 2.36. The second kappa shape index (κ2) is 6.49. The van der Waals surface area contributed by atoms with Crippen molar-refractivity contribution >= 4 is 11.6 Å². The second-order valence-electron chi connectivity index (χ2n) is 5.33. The number of nitrogens with one attached hydrogen (secondary N) is 1. The third-order valence-corrected chi connectivity index (χ3v) is 3.23. The lowest BCUT2D eigenvalue weighted by Gasteiger charge is -2.15. The summed E-state index contributed by atoms with van der Waals surface area (Å²) in [5.41, 5.74) is 7.26. The fraction of sp³-hybridized carbons (Fsp3) is 0.400. The molecule has 2 rings (SSSR count). The molecule has 0 aliphatic rings. The van der Waals surface area contributed by atoms with Gasteiger partial charge in [0.05, 0.1) is 11.3 Å². The van der Waals surface area contributed by atoms with Crippen molar-refractivity contribution in [1.29, 1.82) is 0 Å². The maximum absolute atomic E-state index is 12.1. The first-order valence-electron chi connectivity index (χ1n) is 6.92. The molecule has 1 atom stereocenters. The van der Waals surface area contributed by atoms with Gasteiger partial charge in [-0.05, 0) is 18.1 Å². The number of aromatic nitrogens is 2. The van der Waals surface area contributed by atoms with Crippen LogP contribution in [0.4, 0.5) is 5.69 Å². The van der Waals surface area contributed by atoms with Gasteiger partial charge in [0.2, 0.25) is 17.7 Å². The number of nitrogens with zero attached hydrogens (tertiary/aromatic N) is 2. The Labute approximate surface area is 123 Å². The summed E-state index contributed by atoms with van der Waals surface area (Å²) in [6.45, 7) is 5.71. The molecule has 0 radical (unpaired) electrons. The number of hydrogen-bond acceptors (Lipinski definition) is 5. The van der Waals surface area contributed by atoms with Gasteiger partial charge in [-0.1, -0.05) is 26.0 Å². The lowest BCUT2D eigenvalue weighted by molar-refractivity contribution is -0.116. The topological polar surface area (TPSA) is 94.0 Å². The molecule has 1 amide bonds. The van der Waals surface area contributed by atoms with E-state index in [1.54, 1.807) is 13.0 Å². The summed E-state index contributed by atoms with van der Waals surface area (Å²) >= 11 is 0. The van der Waals surface area contributed by atoms with Crippen LogP contribution in [0, 0.1) is 12.8 Å². The zero-order valence-corrected chi connectivity index (χ0v) is 12.5. The highest BCUT2D eigenvalue weighted by Crippen LogP contribution is 2.26. The summed E-state index contributed by atoms with van der Waals surface area (Å²) in [6, 6.07) is 7.15. The number of benzene rings is 1. The van der Waals surface area contributed by atoms with E-state index >= 15 is 0 Å². The van der Waals surface area contributed by atoms with Gasteiger partial charge in [-0.3, -0.25) is 4.79 Å². The molecular weight excluding hydrogens is 268 g/mol. The first kappa shape index (κ1) is 15.2. The van der Waals surface area contributed by atoms with Crippen LogP contribution in [0.5, 0.6) is 0 Å². The van der Waals surface area contributed by atoms with E-state index < -0.39 is 0 Å². The molecule has 6 heteroatoms. The Morgan fingerprint density at radius 3 is 2.67 bits per heavy atom. The highest BCUT2D eigenvalue weighted by Gasteiger charge is 2.16. The van der Waals surface area contributed by atoms with E-state index in [9.17, 15) is 4.79 Å². The molecule has 0 bridgehead atoms. The molecule has 3 N–H and O–H groups in total. The lowest BCUT2D eigenvalue weighted by Crippen LogP contribution is -2.31. The Kier molecular flexibility index (Phi) is 4.70. The monoisotopic (exact) mass is 288 g/mol. The number of carbonyl (C=O) groups is 1. The maximum Gasteiger partial charge on any atom is 0.249 e. The number of anilines is 1. The van der Waals surface area contributed by atoms with E-state index in [0.29, 0.717) is 23.0 Å². The SMILES string of the molecule is Cc1nnc(-c2ccccc2NC(=O)CC(N)C(C)C)o1. The minimum atomic E-state index is -0.164. The summed E-state index contributed by atoms with van der Waals surface area (Å²) in [4.78, 5) is 12.1. The zero-order chi connectivity index (χ0) is 15.4. The molecule has 1 aromatic carbocycles. The van der Waals surface area contributed by atoms with Crippen LogP contribution >= 0.6 is 0 Å². The van der Waals surface area contributed by atoms with E-state index in [2.05, 4.69) is 15.5 Å². The van der Waals surface area contributed by atoms with E-state index in [-0.39, 0.29) is 24.3 Å². The fourth-order valence-electron chi connectivity index (χ4n) is 1.84. The smallest absolute Gasteiger partial charge is 0.249 e. The third-order valence-electron chi connectivity index (χ3n) is 3.23. The number of aryl methyl sites for hydroxylation is 1. The minimum Gasteiger partial charge on any atom is -0.421 e. The van der Waals surface area contributed by atoms with Crippen LogP contribution in [-0.2, 0) is 4.79 Å². The number of rotatable bonds is 5. The molecule has 1 heterocycles. The molecule has 0 fully saturated rings. The van der Waals surface area contributed by atoms with Crippen molar-refractivity contribution in [3.8, 4) is 11.5 Å². The number of hydrogen-bond donors (Lipinski definition) is 2. The lowest BCUT2D eigenvalue weighted by atomic mass is 10.0. The van der Waals surface area contributed by atoms with Gasteiger partial charge in [-0.2, -0.15) is 0 Å². The summed E-state index contributed by atoms with van der Waals surface area (Å²) < 4.78 is 5.41. The van der Waals surface area contributed by atoms with Crippen LogP contribution in [0.25, 0.3) is 11.5 Å². The molecule has 2 aromatic rings. The summed E-state index contributed by atoms with van der Waals surface area (Å²) in [5, 5.41) is 10.6. The van der Waals surface area contributed by atoms with E-state index in [0.717, 1.165) is 0 Å². The van der Waals surface area contributed by atoms with E-state index in [1.807, 2.05) is 32.0 Å². The van der Waals surface area contributed by atoms with Crippen molar-refractivity contribution in [2.24, 2.45) is 11.7 Å². The van der Waals surface area contributed by atoms with E-state index in [1.165, 1.54) is 0 Å². The highest BCUT2D eigenvalue weighted by molar-refractivity contribution is 5.94. The Morgan fingerprint density at radius 1 is 1.33 bits per heavy atom. The largest absolute Gasteiger partial charge is 0.421 e. The molecule has 0 saturated carbocycles. The van der Waals surface area contributed by atoms with Crippen LogP contribution < -0.4 is 11.1 Å². The Hall–Kier alpha value is -2.21. The average Bonchev–Trinajstić information content (AvgIpc) is 2.85. The number of para-hydroxylation sites is 1. The second-order valence-corrected chi connectivity index (χ2v) is 5.33. The zero-order valence-electron chi connectivity index (χ0n) is 12.5. The van der Waals surface area contributed by atoms with Crippen LogP contribution in [0.15, 0.2) is 28.7 Å². The van der Waals surface area contributed by atoms with Crippen molar-refractivity contribution in [1.82, 2.24) is 10.2 Å². The molecule has 0 aliphatic carbocycles. The fourth-order valence-corrected chi connectivity index (χ4v) is 1.84. The molecule has 1 aromatic heterocycles. The van der Waals surface area contributed by atoms with Crippen LogP contribution in [0.1, 0.15) is 26.2 Å². The Bertz CT molecular complexity index is 622. The van der Waals surface area contributed by atoms with Gasteiger partial charge in [0.15, 0.2) is 0 Å². The van der Waals surface area contributed by atoms with Crippen molar-refractivity contribution in [3.05, 3.63) is 30.2 Å². The minimum absolute atomic E-state index is 0.125. The maximum atomic E-state index is 12.1. The summed E-state index contributed by atoms with van der Waals surface area (Å²) in [5.74, 6) is 0.994. The number of amides is 1.